The van der Waals surface area contributed by atoms with E-state index in [1.165, 1.54) is 18.1 Å². The molecule has 0 heterocycles. The van der Waals surface area contributed by atoms with Gasteiger partial charge in [-0.2, -0.15) is 0 Å². The fraction of sp³-hybridized carbons (Fsp3) is 0.571. The number of carbonyl (C=O) groups excluding carboxylic acids is 2. The van der Waals surface area contributed by atoms with E-state index in [1.807, 2.05) is 13.0 Å². The molecule has 0 N–H and O–H groups in total. The van der Waals surface area contributed by atoms with Crippen molar-refractivity contribution in [1.82, 2.24) is 0 Å². The van der Waals surface area contributed by atoms with E-state index >= 15 is 0 Å². The van der Waals surface area contributed by atoms with Crippen LogP contribution in [0.3, 0.4) is 0 Å². The van der Waals surface area contributed by atoms with Gasteiger partial charge in [0.15, 0.2) is 0 Å². The lowest BCUT2D eigenvalue weighted by Crippen LogP contribution is -2.08. The normalized spacial score (nSPS) is 10.9. The van der Waals surface area contributed by atoms with Gasteiger partial charge in [-0.3, -0.25) is 9.59 Å². The number of allylic oxidation sites excluding steroid dienone is 3. The smallest absolute Gasteiger partial charge is 0.313 e. The summed E-state index contributed by atoms with van der Waals surface area (Å²) in [4.78, 5) is 21.7. The monoisotopic (exact) mass is 238 g/mol. The van der Waals surface area contributed by atoms with Gasteiger partial charge in [0.05, 0.1) is 0 Å². The number of rotatable bonds is 7. The summed E-state index contributed by atoms with van der Waals surface area (Å²) in [5.41, 5.74) is 2.50. The van der Waals surface area contributed by atoms with Crippen LogP contribution in [0.1, 0.15) is 47.0 Å². The van der Waals surface area contributed by atoms with Crippen molar-refractivity contribution < 1.29 is 14.3 Å². The Labute approximate surface area is 104 Å². The van der Waals surface area contributed by atoms with Crippen molar-refractivity contribution in [2.24, 2.45) is 0 Å². The molecular formula is C14H22O3. The molecule has 0 atom stereocenters. The Kier molecular flexibility index (Phi) is 8.03. The zero-order chi connectivity index (χ0) is 13.3. The maximum Gasteiger partial charge on any atom is 0.313 e. The molecule has 0 spiro atoms. The maximum atomic E-state index is 11.1. The van der Waals surface area contributed by atoms with E-state index in [4.69, 9.17) is 4.74 Å². The summed E-state index contributed by atoms with van der Waals surface area (Å²) in [5.74, 6) is -0.620. The van der Waals surface area contributed by atoms with Gasteiger partial charge in [-0.1, -0.05) is 17.2 Å². The molecular weight excluding hydrogens is 216 g/mol. The second-order valence-corrected chi connectivity index (χ2v) is 4.43. The van der Waals surface area contributed by atoms with E-state index in [0.29, 0.717) is 0 Å². The van der Waals surface area contributed by atoms with E-state index in [9.17, 15) is 9.59 Å². The number of Topliss-reactive ketones (excluding diaryl/α,β-unsaturated/α-hetero) is 1. The molecule has 3 nitrogen and oxygen atoms in total. The van der Waals surface area contributed by atoms with Crippen molar-refractivity contribution in [2.45, 2.75) is 47.0 Å². The lowest BCUT2D eigenvalue weighted by atomic mass is 10.1. The van der Waals surface area contributed by atoms with Crippen LogP contribution < -0.4 is 0 Å². The van der Waals surface area contributed by atoms with Crippen molar-refractivity contribution in [3.63, 3.8) is 0 Å². The first kappa shape index (κ1) is 15.6. The molecule has 0 aliphatic carbocycles. The van der Waals surface area contributed by atoms with E-state index in [-0.39, 0.29) is 18.8 Å². The first-order valence-corrected chi connectivity index (χ1v) is 5.86. The van der Waals surface area contributed by atoms with Crippen LogP contribution >= 0.6 is 0 Å². The minimum Gasteiger partial charge on any atom is -0.461 e. The number of esters is 1. The zero-order valence-electron chi connectivity index (χ0n) is 11.2. The van der Waals surface area contributed by atoms with Crippen molar-refractivity contribution in [2.75, 3.05) is 6.61 Å². The molecule has 0 bridgehead atoms. The molecule has 3 heteroatoms. The molecule has 0 radical (unpaired) electrons. The summed E-state index contributed by atoms with van der Waals surface area (Å²) in [5, 5.41) is 0. The molecule has 0 aliphatic heterocycles. The molecule has 0 saturated heterocycles. The van der Waals surface area contributed by atoms with Gasteiger partial charge >= 0.3 is 5.97 Å². The van der Waals surface area contributed by atoms with Gasteiger partial charge < -0.3 is 4.74 Å². The van der Waals surface area contributed by atoms with Gasteiger partial charge in [0.25, 0.3) is 0 Å². The highest BCUT2D eigenvalue weighted by Gasteiger charge is 2.04. The molecule has 0 aromatic heterocycles. The molecule has 0 amide bonds. The Balaban J connectivity index is 3.80. The van der Waals surface area contributed by atoms with E-state index in [1.54, 1.807) is 0 Å². The summed E-state index contributed by atoms with van der Waals surface area (Å²) < 4.78 is 4.90. The van der Waals surface area contributed by atoms with Gasteiger partial charge in [0.2, 0.25) is 0 Å². The van der Waals surface area contributed by atoms with Gasteiger partial charge in [-0.25, -0.2) is 0 Å². The average molecular weight is 238 g/mol. The van der Waals surface area contributed by atoms with Crippen LogP contribution in [0, 0.1) is 0 Å². The second kappa shape index (κ2) is 8.74. The van der Waals surface area contributed by atoms with E-state index in [2.05, 4.69) is 19.9 Å². The third-order valence-electron chi connectivity index (χ3n) is 2.16. The Hall–Kier alpha value is -1.38. The molecule has 0 aromatic carbocycles. The van der Waals surface area contributed by atoms with E-state index < -0.39 is 5.97 Å². The molecule has 0 aromatic rings. The zero-order valence-corrected chi connectivity index (χ0v) is 11.2. The predicted octanol–water partition coefficient (Wildman–Crippen LogP) is 3.20. The van der Waals surface area contributed by atoms with Crippen LogP contribution in [-0.4, -0.2) is 18.4 Å². The Morgan fingerprint density at radius 2 is 1.71 bits per heavy atom. The average Bonchev–Trinajstić information content (AvgIpc) is 2.15. The SMILES string of the molecule is CC(=O)CC(=O)OC/C=C(/C)CCC=C(C)C. The first-order valence-electron chi connectivity index (χ1n) is 5.86. The number of hydrogen-bond donors (Lipinski definition) is 0. The number of hydrogen-bond acceptors (Lipinski definition) is 3. The minimum atomic E-state index is -0.453. The van der Waals surface area contributed by atoms with Gasteiger partial charge in [-0.05, 0) is 46.6 Å². The van der Waals surface area contributed by atoms with Crippen LogP contribution in [0.4, 0.5) is 0 Å². The third-order valence-corrected chi connectivity index (χ3v) is 2.16. The molecule has 0 saturated carbocycles. The summed E-state index contributed by atoms with van der Waals surface area (Å²) in [6.45, 7) is 7.79. The lowest BCUT2D eigenvalue weighted by molar-refractivity contribution is -0.144. The highest BCUT2D eigenvalue weighted by molar-refractivity contribution is 5.94. The Morgan fingerprint density at radius 3 is 2.24 bits per heavy atom. The van der Waals surface area contributed by atoms with Crippen molar-refractivity contribution in [1.29, 1.82) is 0 Å². The Morgan fingerprint density at radius 1 is 1.06 bits per heavy atom. The van der Waals surface area contributed by atoms with Gasteiger partial charge in [-0.15, -0.1) is 0 Å². The molecule has 0 unspecified atom stereocenters. The number of carbonyl (C=O) groups is 2. The highest BCUT2D eigenvalue weighted by atomic mass is 16.5. The Bertz CT molecular complexity index is 320. The summed E-state index contributed by atoms with van der Waals surface area (Å²) in [6.07, 6.45) is 5.90. The first-order chi connectivity index (χ1) is 7.91. The molecule has 17 heavy (non-hydrogen) atoms. The van der Waals surface area contributed by atoms with Crippen molar-refractivity contribution in [3.05, 3.63) is 23.3 Å². The number of ketones is 1. The fourth-order valence-electron chi connectivity index (χ4n) is 1.22. The number of ether oxygens (including phenoxy) is 1. The van der Waals surface area contributed by atoms with Crippen LogP contribution in [0.15, 0.2) is 23.3 Å². The summed E-state index contributed by atoms with van der Waals surface area (Å²) in [6, 6.07) is 0. The predicted molar refractivity (Wildman–Crippen MR) is 68.7 cm³/mol. The summed E-state index contributed by atoms with van der Waals surface area (Å²) in [7, 11) is 0. The molecule has 0 aliphatic rings. The molecule has 0 fully saturated rings. The van der Waals surface area contributed by atoms with E-state index in [0.717, 1.165) is 12.8 Å². The maximum absolute atomic E-state index is 11.1. The van der Waals surface area contributed by atoms with Crippen LogP contribution in [0.25, 0.3) is 0 Å². The van der Waals surface area contributed by atoms with Gasteiger partial charge in [0.1, 0.15) is 18.8 Å². The summed E-state index contributed by atoms with van der Waals surface area (Å²) >= 11 is 0. The fourth-order valence-corrected chi connectivity index (χ4v) is 1.22. The van der Waals surface area contributed by atoms with Crippen LogP contribution in [0.2, 0.25) is 0 Å². The highest BCUT2D eigenvalue weighted by Crippen LogP contribution is 2.06. The second-order valence-electron chi connectivity index (χ2n) is 4.43. The lowest BCUT2D eigenvalue weighted by Gasteiger charge is -2.02. The minimum absolute atomic E-state index is 0.134. The van der Waals surface area contributed by atoms with Gasteiger partial charge in [0, 0.05) is 0 Å². The third kappa shape index (κ3) is 10.9. The van der Waals surface area contributed by atoms with Crippen LogP contribution in [-0.2, 0) is 14.3 Å². The standard InChI is InChI=1S/C14H22O3/c1-11(2)6-5-7-12(3)8-9-17-14(16)10-13(4)15/h6,8H,5,7,9-10H2,1-4H3/b12-8-. The van der Waals surface area contributed by atoms with Crippen LogP contribution in [0.5, 0.6) is 0 Å². The molecule has 96 valence electrons. The topological polar surface area (TPSA) is 43.4 Å². The van der Waals surface area contributed by atoms with Crippen molar-refractivity contribution >= 4 is 11.8 Å². The van der Waals surface area contributed by atoms with Crippen molar-refractivity contribution in [3.8, 4) is 0 Å². The largest absolute Gasteiger partial charge is 0.461 e. The quantitative estimate of drug-likeness (QED) is 0.388. The molecule has 0 rings (SSSR count).